The van der Waals surface area contributed by atoms with E-state index in [0.29, 0.717) is 0 Å². The van der Waals surface area contributed by atoms with Crippen molar-refractivity contribution < 1.29 is 9.53 Å². The van der Waals surface area contributed by atoms with E-state index in [0.717, 1.165) is 16.9 Å². The van der Waals surface area contributed by atoms with Crippen molar-refractivity contribution in [3.05, 3.63) is 28.8 Å². The smallest absolute Gasteiger partial charge is 0.187 e. The summed E-state index contributed by atoms with van der Waals surface area (Å²) in [6.07, 6.45) is -0.488. The third-order valence-corrected chi connectivity index (χ3v) is 2.75. The van der Waals surface area contributed by atoms with Crippen LogP contribution in [0.25, 0.3) is 0 Å². The van der Waals surface area contributed by atoms with Crippen LogP contribution in [0.2, 0.25) is 0 Å². The maximum absolute atomic E-state index is 11.3. The maximum Gasteiger partial charge on any atom is 0.187 e. The van der Waals surface area contributed by atoms with Crippen LogP contribution in [0.5, 0.6) is 5.75 Å². The highest BCUT2D eigenvalue weighted by Crippen LogP contribution is 2.25. The number of hydrogen-bond donors (Lipinski definition) is 0. The lowest BCUT2D eigenvalue weighted by Crippen LogP contribution is -2.25. The van der Waals surface area contributed by atoms with Gasteiger partial charge in [-0.05, 0) is 38.8 Å². The molecule has 0 spiro atoms. The van der Waals surface area contributed by atoms with Gasteiger partial charge in [0, 0.05) is 0 Å². The lowest BCUT2D eigenvalue weighted by atomic mass is 10.1. The highest BCUT2D eigenvalue weighted by Gasteiger charge is 2.15. The van der Waals surface area contributed by atoms with Crippen LogP contribution in [0.15, 0.2) is 12.1 Å². The maximum atomic E-state index is 11.3. The van der Waals surface area contributed by atoms with Crippen molar-refractivity contribution in [1.29, 1.82) is 0 Å². The Kier molecular flexibility index (Phi) is 4.36. The van der Waals surface area contributed by atoms with Gasteiger partial charge in [0.25, 0.3) is 0 Å². The molecule has 88 valence electrons. The molecule has 1 unspecified atom stereocenters. The van der Waals surface area contributed by atoms with E-state index in [1.807, 2.05) is 32.9 Å². The Bertz CT molecular complexity index is 376. The summed E-state index contributed by atoms with van der Waals surface area (Å²) < 4.78 is 5.65. The van der Waals surface area contributed by atoms with Gasteiger partial charge in [0.1, 0.15) is 5.75 Å². The molecule has 0 aliphatic rings. The molecule has 16 heavy (non-hydrogen) atoms. The molecule has 0 radical (unpaired) electrons. The van der Waals surface area contributed by atoms with Gasteiger partial charge in [0.2, 0.25) is 0 Å². The van der Waals surface area contributed by atoms with Crippen molar-refractivity contribution in [2.45, 2.75) is 33.8 Å². The second kappa shape index (κ2) is 5.35. The summed E-state index contributed by atoms with van der Waals surface area (Å²) in [5.41, 5.74) is 3.29. The normalized spacial score (nSPS) is 12.3. The van der Waals surface area contributed by atoms with Crippen LogP contribution in [0.4, 0.5) is 0 Å². The molecule has 0 heterocycles. The molecule has 0 saturated heterocycles. The standard InChI is InChI=1S/C13H17ClO2/c1-8-5-9(2)13(10(3)6-8)16-11(4)12(15)7-14/h5-6,11H,7H2,1-4H3. The third-order valence-electron chi connectivity index (χ3n) is 2.48. The summed E-state index contributed by atoms with van der Waals surface area (Å²) in [5, 5.41) is 0. The number of aryl methyl sites for hydroxylation is 3. The fourth-order valence-electron chi connectivity index (χ4n) is 1.70. The SMILES string of the molecule is Cc1cc(C)c(OC(C)C(=O)CCl)c(C)c1. The lowest BCUT2D eigenvalue weighted by Gasteiger charge is -2.17. The molecule has 1 aromatic carbocycles. The Balaban J connectivity index is 2.93. The van der Waals surface area contributed by atoms with E-state index >= 15 is 0 Å². The molecule has 2 nitrogen and oxygen atoms in total. The van der Waals surface area contributed by atoms with Gasteiger partial charge in [-0.2, -0.15) is 0 Å². The minimum absolute atomic E-state index is 0.00881. The van der Waals surface area contributed by atoms with Crippen molar-refractivity contribution in [1.82, 2.24) is 0 Å². The number of carbonyl (C=O) groups is 1. The number of Topliss-reactive ketones (excluding diaryl/α,β-unsaturated/α-hetero) is 1. The fourth-order valence-corrected chi connectivity index (χ4v) is 1.92. The molecule has 0 aliphatic heterocycles. The first-order valence-electron chi connectivity index (χ1n) is 5.29. The van der Waals surface area contributed by atoms with Crippen molar-refractivity contribution >= 4 is 17.4 Å². The molecule has 0 aliphatic carbocycles. The zero-order valence-electron chi connectivity index (χ0n) is 10.1. The van der Waals surface area contributed by atoms with E-state index in [2.05, 4.69) is 0 Å². The second-order valence-electron chi connectivity index (χ2n) is 4.09. The van der Waals surface area contributed by atoms with Crippen LogP contribution < -0.4 is 4.74 Å². The predicted octanol–water partition coefficient (Wildman–Crippen LogP) is 3.19. The second-order valence-corrected chi connectivity index (χ2v) is 4.36. The first kappa shape index (κ1) is 13.0. The topological polar surface area (TPSA) is 26.3 Å². The van der Waals surface area contributed by atoms with E-state index < -0.39 is 6.10 Å². The summed E-state index contributed by atoms with van der Waals surface area (Å²) in [5.74, 6) is 0.683. The van der Waals surface area contributed by atoms with Crippen LogP contribution in [-0.2, 0) is 4.79 Å². The van der Waals surface area contributed by atoms with Gasteiger partial charge in [0.05, 0.1) is 5.88 Å². The quantitative estimate of drug-likeness (QED) is 0.756. The van der Waals surface area contributed by atoms with Gasteiger partial charge in [-0.25, -0.2) is 0 Å². The van der Waals surface area contributed by atoms with Gasteiger partial charge in [-0.15, -0.1) is 11.6 Å². The van der Waals surface area contributed by atoms with Gasteiger partial charge in [0.15, 0.2) is 11.9 Å². The molecule has 1 rings (SSSR count). The Hall–Kier alpha value is -1.02. The van der Waals surface area contributed by atoms with Gasteiger partial charge >= 0.3 is 0 Å². The van der Waals surface area contributed by atoms with Crippen LogP contribution in [0, 0.1) is 20.8 Å². The Labute approximate surface area is 102 Å². The molecule has 0 bridgehead atoms. The number of rotatable bonds is 4. The summed E-state index contributed by atoms with van der Waals surface area (Å²) in [4.78, 5) is 11.3. The number of benzene rings is 1. The van der Waals surface area contributed by atoms with Gasteiger partial charge in [-0.1, -0.05) is 17.7 Å². The van der Waals surface area contributed by atoms with Gasteiger partial charge < -0.3 is 4.74 Å². The van der Waals surface area contributed by atoms with Crippen molar-refractivity contribution in [3.63, 3.8) is 0 Å². The molecular weight excluding hydrogens is 224 g/mol. The number of ketones is 1. The first-order valence-corrected chi connectivity index (χ1v) is 5.82. The monoisotopic (exact) mass is 240 g/mol. The van der Waals surface area contributed by atoms with E-state index in [1.165, 1.54) is 5.56 Å². The van der Waals surface area contributed by atoms with Crippen LogP contribution in [0.1, 0.15) is 23.6 Å². The Morgan fingerprint density at radius 1 is 1.31 bits per heavy atom. The molecule has 1 atom stereocenters. The first-order chi connectivity index (χ1) is 7.45. The van der Waals surface area contributed by atoms with Crippen molar-refractivity contribution in [2.24, 2.45) is 0 Å². The Morgan fingerprint density at radius 3 is 2.25 bits per heavy atom. The molecule has 3 heteroatoms. The molecule has 0 saturated carbocycles. The largest absolute Gasteiger partial charge is 0.482 e. The molecule has 0 N–H and O–H groups in total. The summed E-state index contributed by atoms with van der Waals surface area (Å²) in [7, 11) is 0. The van der Waals surface area contributed by atoms with E-state index in [4.69, 9.17) is 16.3 Å². The average molecular weight is 241 g/mol. The van der Waals surface area contributed by atoms with Crippen LogP contribution >= 0.6 is 11.6 Å². The summed E-state index contributed by atoms with van der Waals surface area (Å²) >= 11 is 5.49. The minimum atomic E-state index is -0.488. The molecular formula is C13H17ClO2. The number of alkyl halides is 1. The summed E-state index contributed by atoms with van der Waals surface area (Å²) in [6.45, 7) is 7.72. The number of halogens is 1. The minimum Gasteiger partial charge on any atom is -0.482 e. The zero-order valence-corrected chi connectivity index (χ0v) is 10.9. The van der Waals surface area contributed by atoms with Crippen molar-refractivity contribution in [3.8, 4) is 5.75 Å². The molecule has 0 aromatic heterocycles. The highest BCUT2D eigenvalue weighted by atomic mass is 35.5. The average Bonchev–Trinajstić information content (AvgIpc) is 2.21. The van der Waals surface area contributed by atoms with Crippen LogP contribution in [0.3, 0.4) is 0 Å². The fraction of sp³-hybridized carbons (Fsp3) is 0.462. The van der Waals surface area contributed by atoms with E-state index in [-0.39, 0.29) is 11.7 Å². The van der Waals surface area contributed by atoms with Crippen LogP contribution in [-0.4, -0.2) is 17.8 Å². The number of hydrogen-bond acceptors (Lipinski definition) is 2. The zero-order chi connectivity index (χ0) is 12.3. The van der Waals surface area contributed by atoms with Gasteiger partial charge in [-0.3, -0.25) is 4.79 Å². The number of carbonyl (C=O) groups excluding carboxylic acids is 1. The molecule has 1 aromatic rings. The summed E-state index contributed by atoms with van der Waals surface area (Å²) in [6, 6.07) is 4.08. The Morgan fingerprint density at radius 2 is 1.81 bits per heavy atom. The number of ether oxygens (including phenoxy) is 1. The lowest BCUT2D eigenvalue weighted by molar-refractivity contribution is -0.122. The third kappa shape index (κ3) is 2.99. The van der Waals surface area contributed by atoms with Crippen molar-refractivity contribution in [2.75, 3.05) is 5.88 Å². The predicted molar refractivity (Wildman–Crippen MR) is 66.5 cm³/mol. The highest BCUT2D eigenvalue weighted by molar-refractivity contribution is 6.28. The van der Waals surface area contributed by atoms with E-state index in [9.17, 15) is 4.79 Å². The molecule has 0 fully saturated rings. The molecule has 0 amide bonds. The van der Waals surface area contributed by atoms with E-state index in [1.54, 1.807) is 6.92 Å².